The zero-order valence-electron chi connectivity index (χ0n) is 15.9. The summed E-state index contributed by atoms with van der Waals surface area (Å²) in [6.07, 6.45) is 2.02. The highest BCUT2D eigenvalue weighted by atomic mass is 35.5. The normalized spacial score (nSPS) is 10.3. The van der Waals surface area contributed by atoms with Gasteiger partial charge in [-0.15, -0.1) is 11.8 Å². The average molecular weight is 427 g/mol. The summed E-state index contributed by atoms with van der Waals surface area (Å²) >= 11 is 7.65. The van der Waals surface area contributed by atoms with Gasteiger partial charge in [-0.1, -0.05) is 35.9 Å². The van der Waals surface area contributed by atoms with Crippen molar-refractivity contribution in [1.82, 2.24) is 5.32 Å². The molecule has 0 saturated heterocycles. The van der Waals surface area contributed by atoms with Gasteiger partial charge >= 0.3 is 6.03 Å². The number of anilines is 1. The molecule has 3 aromatic rings. The van der Waals surface area contributed by atoms with Crippen molar-refractivity contribution in [3.8, 4) is 16.9 Å². The highest BCUT2D eigenvalue weighted by Gasteiger charge is 2.14. The minimum Gasteiger partial charge on any atom is -0.496 e. The number of hydrogen-bond donors (Lipinski definition) is 2. The second kappa shape index (κ2) is 9.49. The fourth-order valence-electron chi connectivity index (χ4n) is 2.78. The molecule has 0 bridgehead atoms. The summed E-state index contributed by atoms with van der Waals surface area (Å²) < 4.78 is 5.50. The van der Waals surface area contributed by atoms with Gasteiger partial charge in [0.05, 0.1) is 17.7 Å². The summed E-state index contributed by atoms with van der Waals surface area (Å²) in [5.74, 6) is 0.0315. The van der Waals surface area contributed by atoms with E-state index in [0.717, 1.165) is 16.0 Å². The van der Waals surface area contributed by atoms with Crippen LogP contribution < -0.4 is 15.4 Å². The second-order valence-electron chi connectivity index (χ2n) is 6.04. The topological polar surface area (TPSA) is 67.4 Å². The molecule has 0 aromatic heterocycles. The highest BCUT2D eigenvalue weighted by Crippen LogP contribution is 2.34. The molecule has 148 valence electrons. The van der Waals surface area contributed by atoms with Crippen molar-refractivity contribution in [1.29, 1.82) is 0 Å². The molecule has 0 atom stereocenters. The van der Waals surface area contributed by atoms with E-state index in [2.05, 4.69) is 16.7 Å². The fourth-order valence-corrected chi connectivity index (χ4v) is 3.46. The molecule has 7 heteroatoms. The first-order valence-electron chi connectivity index (χ1n) is 8.71. The van der Waals surface area contributed by atoms with E-state index < -0.39 is 11.9 Å². The van der Waals surface area contributed by atoms with E-state index in [4.69, 9.17) is 16.3 Å². The lowest BCUT2D eigenvalue weighted by Crippen LogP contribution is -2.34. The van der Waals surface area contributed by atoms with Crippen molar-refractivity contribution in [2.24, 2.45) is 0 Å². The van der Waals surface area contributed by atoms with E-state index in [1.165, 1.54) is 0 Å². The van der Waals surface area contributed by atoms with Crippen molar-refractivity contribution in [2.75, 3.05) is 18.7 Å². The highest BCUT2D eigenvalue weighted by molar-refractivity contribution is 7.98. The molecular weight excluding hydrogens is 408 g/mol. The molecule has 0 heterocycles. The molecule has 0 aliphatic carbocycles. The second-order valence-corrected chi connectivity index (χ2v) is 7.32. The van der Waals surface area contributed by atoms with Gasteiger partial charge in [0.15, 0.2) is 0 Å². The molecule has 0 spiro atoms. The fraction of sp³-hybridized carbons (Fsp3) is 0.0909. The van der Waals surface area contributed by atoms with Gasteiger partial charge in [-0.25, -0.2) is 4.79 Å². The smallest absolute Gasteiger partial charge is 0.326 e. The van der Waals surface area contributed by atoms with Crippen LogP contribution in [0, 0.1) is 0 Å². The Labute approximate surface area is 178 Å². The van der Waals surface area contributed by atoms with Crippen molar-refractivity contribution in [3.63, 3.8) is 0 Å². The molecule has 3 aromatic carbocycles. The predicted octanol–water partition coefficient (Wildman–Crippen LogP) is 5.70. The summed E-state index contributed by atoms with van der Waals surface area (Å²) in [6, 6.07) is 19.3. The molecule has 5 nitrogen and oxygen atoms in total. The number of hydrogen-bond acceptors (Lipinski definition) is 4. The van der Waals surface area contributed by atoms with Gasteiger partial charge in [-0.2, -0.15) is 0 Å². The van der Waals surface area contributed by atoms with Crippen LogP contribution in [0.1, 0.15) is 10.4 Å². The lowest BCUT2D eigenvalue weighted by Gasteiger charge is -2.13. The van der Waals surface area contributed by atoms with Crippen LogP contribution in [0.3, 0.4) is 0 Å². The number of nitrogens with one attached hydrogen (secondary N) is 2. The standard InChI is InChI=1S/C22H19ClN2O3S/c1-28-20-13-15(10-11-17(20)14-6-5-7-16(12-14)29-2)24-22(27)25-21(26)18-8-3-4-9-19(18)23/h3-13H,1-2H3,(H2,24,25,26,27). The zero-order chi connectivity index (χ0) is 20.8. The predicted molar refractivity (Wildman–Crippen MR) is 118 cm³/mol. The average Bonchev–Trinajstić information content (AvgIpc) is 2.73. The Morgan fingerprint density at radius 3 is 2.52 bits per heavy atom. The van der Waals surface area contributed by atoms with Gasteiger partial charge in [0.1, 0.15) is 5.75 Å². The summed E-state index contributed by atoms with van der Waals surface area (Å²) in [6.45, 7) is 0. The maximum atomic E-state index is 12.2. The lowest BCUT2D eigenvalue weighted by atomic mass is 10.0. The molecule has 0 aliphatic rings. The van der Waals surface area contributed by atoms with Gasteiger partial charge in [-0.05, 0) is 48.2 Å². The maximum absolute atomic E-state index is 12.2. The summed E-state index contributed by atoms with van der Waals surface area (Å²) in [4.78, 5) is 25.6. The number of amides is 3. The minimum atomic E-state index is -0.658. The third-order valence-electron chi connectivity index (χ3n) is 4.19. The van der Waals surface area contributed by atoms with E-state index >= 15 is 0 Å². The maximum Gasteiger partial charge on any atom is 0.326 e. The van der Waals surface area contributed by atoms with Crippen LogP contribution in [0.5, 0.6) is 5.75 Å². The number of urea groups is 1. The van der Waals surface area contributed by atoms with Crippen LogP contribution in [0.25, 0.3) is 11.1 Å². The van der Waals surface area contributed by atoms with E-state index in [1.807, 2.05) is 30.5 Å². The Balaban J connectivity index is 1.75. The van der Waals surface area contributed by atoms with Gasteiger partial charge in [0.25, 0.3) is 5.91 Å². The van der Waals surface area contributed by atoms with Crippen LogP contribution in [0.2, 0.25) is 5.02 Å². The van der Waals surface area contributed by atoms with Crippen LogP contribution in [0.4, 0.5) is 10.5 Å². The van der Waals surface area contributed by atoms with E-state index in [-0.39, 0.29) is 10.6 Å². The number of benzene rings is 3. The monoisotopic (exact) mass is 426 g/mol. The lowest BCUT2D eigenvalue weighted by molar-refractivity contribution is 0.0967. The Kier molecular flexibility index (Phi) is 6.80. The minimum absolute atomic E-state index is 0.228. The number of methoxy groups -OCH3 is 1. The molecule has 3 amide bonds. The number of thioether (sulfide) groups is 1. The van der Waals surface area contributed by atoms with Gasteiger partial charge in [0.2, 0.25) is 0 Å². The number of imide groups is 1. The van der Waals surface area contributed by atoms with Gasteiger partial charge in [-0.3, -0.25) is 10.1 Å². The molecule has 0 unspecified atom stereocenters. The molecule has 2 N–H and O–H groups in total. The Hall–Kier alpha value is -2.96. The van der Waals surface area contributed by atoms with Gasteiger partial charge < -0.3 is 10.1 Å². The van der Waals surface area contributed by atoms with Crippen LogP contribution in [-0.4, -0.2) is 25.3 Å². The molecule has 0 radical (unpaired) electrons. The third-order valence-corrected chi connectivity index (χ3v) is 5.24. The Morgan fingerprint density at radius 2 is 1.79 bits per heavy atom. The summed E-state index contributed by atoms with van der Waals surface area (Å²) in [5.41, 5.74) is 2.64. The Bertz CT molecular complexity index is 1060. The molecule has 0 aliphatic heterocycles. The summed E-state index contributed by atoms with van der Waals surface area (Å²) in [7, 11) is 1.57. The number of rotatable bonds is 5. The summed E-state index contributed by atoms with van der Waals surface area (Å²) in [5, 5.41) is 5.18. The SMILES string of the molecule is COc1cc(NC(=O)NC(=O)c2ccccc2Cl)ccc1-c1cccc(SC)c1. The Morgan fingerprint density at radius 1 is 1.00 bits per heavy atom. The first-order valence-corrected chi connectivity index (χ1v) is 10.3. The molecule has 0 saturated carbocycles. The van der Waals surface area contributed by atoms with Crippen LogP contribution >= 0.6 is 23.4 Å². The number of carbonyl (C=O) groups excluding carboxylic acids is 2. The zero-order valence-corrected chi connectivity index (χ0v) is 17.4. The molecular formula is C22H19ClN2O3S. The first kappa shape index (κ1) is 20.8. The first-order chi connectivity index (χ1) is 14.0. The van der Waals surface area contributed by atoms with Crippen molar-refractivity contribution < 1.29 is 14.3 Å². The largest absolute Gasteiger partial charge is 0.496 e. The third kappa shape index (κ3) is 5.10. The van der Waals surface area contributed by atoms with Crippen LogP contribution in [0.15, 0.2) is 71.6 Å². The van der Waals surface area contributed by atoms with E-state index in [1.54, 1.807) is 55.3 Å². The van der Waals surface area contributed by atoms with E-state index in [0.29, 0.717) is 11.4 Å². The number of halogens is 1. The van der Waals surface area contributed by atoms with Gasteiger partial charge in [0, 0.05) is 22.2 Å². The van der Waals surface area contributed by atoms with Crippen molar-refractivity contribution in [3.05, 3.63) is 77.3 Å². The molecule has 3 rings (SSSR count). The quantitative estimate of drug-likeness (QED) is 0.513. The van der Waals surface area contributed by atoms with Crippen LogP contribution in [-0.2, 0) is 0 Å². The number of ether oxygens (including phenoxy) is 1. The van der Waals surface area contributed by atoms with Crippen molar-refractivity contribution >= 4 is 41.0 Å². The van der Waals surface area contributed by atoms with Crippen molar-refractivity contribution in [2.45, 2.75) is 4.90 Å². The molecule has 29 heavy (non-hydrogen) atoms. The number of carbonyl (C=O) groups is 2. The molecule has 0 fully saturated rings. The van der Waals surface area contributed by atoms with E-state index in [9.17, 15) is 9.59 Å².